The monoisotopic (exact) mass is 208 g/mol. The Kier molecular flexibility index (Phi) is 4.98. The number of nitrogens with zero attached hydrogens (tertiary/aromatic N) is 1. The van der Waals surface area contributed by atoms with Gasteiger partial charge < -0.3 is 15.3 Å². The van der Waals surface area contributed by atoms with Crippen LogP contribution in [0.25, 0.3) is 0 Å². The molecule has 0 aliphatic rings. The van der Waals surface area contributed by atoms with E-state index in [1.165, 1.54) is 5.69 Å². The fraction of sp³-hybridized carbons (Fsp3) is 0.500. The molecule has 0 unspecified atom stereocenters. The highest BCUT2D eigenvalue weighted by molar-refractivity contribution is 5.57. The first-order chi connectivity index (χ1) is 7.24. The molecule has 84 valence electrons. The summed E-state index contributed by atoms with van der Waals surface area (Å²) < 4.78 is 0. The Balaban J connectivity index is 2.43. The summed E-state index contributed by atoms with van der Waals surface area (Å²) in [4.78, 5) is 2.08. The molecule has 1 aromatic carbocycles. The lowest BCUT2D eigenvalue weighted by molar-refractivity contribution is 0.286. The van der Waals surface area contributed by atoms with Gasteiger partial charge in [0.1, 0.15) is 0 Å². The van der Waals surface area contributed by atoms with Crippen molar-refractivity contribution < 1.29 is 5.11 Å². The second-order valence-electron chi connectivity index (χ2n) is 3.80. The highest BCUT2D eigenvalue weighted by Crippen LogP contribution is 2.17. The van der Waals surface area contributed by atoms with Crippen molar-refractivity contribution >= 4 is 11.4 Å². The number of hydrogen-bond acceptors (Lipinski definition) is 3. The summed E-state index contributed by atoms with van der Waals surface area (Å²) in [6.45, 7) is 1.19. The van der Waals surface area contributed by atoms with Crippen LogP contribution in [-0.2, 0) is 0 Å². The molecular formula is C12H20N2O. The predicted molar refractivity (Wildman–Crippen MR) is 65.6 cm³/mol. The van der Waals surface area contributed by atoms with Crippen LogP contribution in [0.15, 0.2) is 24.3 Å². The SMILES string of the molecule is CN(C)c1cccc(NCCCCO)c1. The fourth-order valence-corrected chi connectivity index (χ4v) is 1.36. The van der Waals surface area contributed by atoms with E-state index in [1.807, 2.05) is 20.2 Å². The van der Waals surface area contributed by atoms with Crippen molar-refractivity contribution in [3.63, 3.8) is 0 Å². The number of unbranched alkanes of at least 4 members (excludes halogenated alkanes) is 1. The summed E-state index contributed by atoms with van der Waals surface area (Å²) in [5, 5.41) is 12.0. The zero-order valence-electron chi connectivity index (χ0n) is 9.53. The van der Waals surface area contributed by atoms with Crippen LogP contribution in [0.1, 0.15) is 12.8 Å². The standard InChI is InChI=1S/C12H20N2O/c1-14(2)12-7-5-6-11(10-12)13-8-3-4-9-15/h5-7,10,13,15H,3-4,8-9H2,1-2H3. The van der Waals surface area contributed by atoms with Crippen molar-refractivity contribution in [2.24, 2.45) is 0 Å². The third kappa shape index (κ3) is 4.21. The number of aliphatic hydroxyl groups excluding tert-OH is 1. The van der Waals surface area contributed by atoms with Gasteiger partial charge in [0.2, 0.25) is 0 Å². The Morgan fingerprint density at radius 1 is 1.27 bits per heavy atom. The molecule has 1 rings (SSSR count). The van der Waals surface area contributed by atoms with Crippen molar-refractivity contribution in [2.45, 2.75) is 12.8 Å². The van der Waals surface area contributed by atoms with E-state index in [1.54, 1.807) is 0 Å². The van der Waals surface area contributed by atoms with Crippen LogP contribution in [0.3, 0.4) is 0 Å². The van der Waals surface area contributed by atoms with Gasteiger partial charge in [-0.3, -0.25) is 0 Å². The van der Waals surface area contributed by atoms with E-state index in [4.69, 9.17) is 5.11 Å². The fourth-order valence-electron chi connectivity index (χ4n) is 1.36. The molecule has 15 heavy (non-hydrogen) atoms. The van der Waals surface area contributed by atoms with Gasteiger partial charge in [0.25, 0.3) is 0 Å². The van der Waals surface area contributed by atoms with Gasteiger partial charge in [-0.25, -0.2) is 0 Å². The normalized spacial score (nSPS) is 10.1. The van der Waals surface area contributed by atoms with Crippen LogP contribution in [0.5, 0.6) is 0 Å². The lowest BCUT2D eigenvalue weighted by atomic mass is 10.2. The van der Waals surface area contributed by atoms with Gasteiger partial charge >= 0.3 is 0 Å². The topological polar surface area (TPSA) is 35.5 Å². The molecule has 0 spiro atoms. The lowest BCUT2D eigenvalue weighted by Gasteiger charge is -2.14. The van der Waals surface area contributed by atoms with E-state index in [9.17, 15) is 0 Å². The van der Waals surface area contributed by atoms with Crippen LogP contribution in [0, 0.1) is 0 Å². The molecule has 0 heterocycles. The number of hydrogen-bond donors (Lipinski definition) is 2. The van der Waals surface area contributed by atoms with Crippen molar-refractivity contribution in [1.82, 2.24) is 0 Å². The van der Waals surface area contributed by atoms with Crippen LogP contribution < -0.4 is 10.2 Å². The third-order valence-corrected chi connectivity index (χ3v) is 2.28. The number of nitrogens with one attached hydrogen (secondary N) is 1. The second kappa shape index (κ2) is 6.30. The van der Waals surface area contributed by atoms with Gasteiger partial charge in [-0.05, 0) is 31.0 Å². The molecule has 0 saturated carbocycles. The molecule has 2 N–H and O–H groups in total. The first-order valence-corrected chi connectivity index (χ1v) is 5.36. The molecule has 0 amide bonds. The Morgan fingerprint density at radius 2 is 2.07 bits per heavy atom. The second-order valence-corrected chi connectivity index (χ2v) is 3.80. The number of benzene rings is 1. The molecule has 0 saturated heterocycles. The van der Waals surface area contributed by atoms with Crippen molar-refractivity contribution in [1.29, 1.82) is 0 Å². The third-order valence-electron chi connectivity index (χ3n) is 2.28. The Hall–Kier alpha value is -1.22. The first-order valence-electron chi connectivity index (χ1n) is 5.36. The molecule has 0 atom stereocenters. The predicted octanol–water partition coefficient (Wildman–Crippen LogP) is 1.94. The maximum absolute atomic E-state index is 8.65. The zero-order chi connectivity index (χ0) is 11.1. The lowest BCUT2D eigenvalue weighted by Crippen LogP contribution is -2.09. The highest BCUT2D eigenvalue weighted by atomic mass is 16.2. The first kappa shape index (κ1) is 11.9. The molecule has 0 aromatic heterocycles. The van der Waals surface area contributed by atoms with Crippen LogP contribution in [0.2, 0.25) is 0 Å². The molecule has 3 nitrogen and oxygen atoms in total. The minimum Gasteiger partial charge on any atom is -0.396 e. The molecular weight excluding hydrogens is 188 g/mol. The molecule has 3 heteroatoms. The summed E-state index contributed by atoms with van der Waals surface area (Å²) in [7, 11) is 4.07. The highest BCUT2D eigenvalue weighted by Gasteiger charge is 1.96. The molecule has 0 aliphatic carbocycles. The summed E-state index contributed by atoms with van der Waals surface area (Å²) in [6, 6.07) is 8.31. The van der Waals surface area contributed by atoms with E-state index < -0.39 is 0 Å². The van der Waals surface area contributed by atoms with Crippen LogP contribution in [-0.4, -0.2) is 32.4 Å². The largest absolute Gasteiger partial charge is 0.396 e. The van der Waals surface area contributed by atoms with Crippen LogP contribution in [0.4, 0.5) is 11.4 Å². The maximum Gasteiger partial charge on any atom is 0.0431 e. The molecule has 1 aromatic rings. The minimum atomic E-state index is 0.277. The molecule has 0 fully saturated rings. The van der Waals surface area contributed by atoms with Gasteiger partial charge in [-0.15, -0.1) is 0 Å². The summed E-state index contributed by atoms with van der Waals surface area (Å²) in [5.41, 5.74) is 2.33. The smallest absolute Gasteiger partial charge is 0.0431 e. The van der Waals surface area contributed by atoms with Crippen molar-refractivity contribution in [2.75, 3.05) is 37.5 Å². The average molecular weight is 208 g/mol. The number of aliphatic hydroxyl groups is 1. The van der Waals surface area contributed by atoms with E-state index in [-0.39, 0.29) is 6.61 Å². The van der Waals surface area contributed by atoms with Crippen LogP contribution >= 0.6 is 0 Å². The van der Waals surface area contributed by atoms with E-state index >= 15 is 0 Å². The summed E-state index contributed by atoms with van der Waals surface area (Å²) in [6.07, 6.45) is 1.86. The zero-order valence-corrected chi connectivity index (χ0v) is 9.53. The number of rotatable bonds is 6. The summed E-state index contributed by atoms with van der Waals surface area (Å²) >= 11 is 0. The van der Waals surface area contributed by atoms with Crippen molar-refractivity contribution in [3.8, 4) is 0 Å². The number of anilines is 2. The Labute approximate surface area is 91.7 Å². The Bertz CT molecular complexity index is 287. The van der Waals surface area contributed by atoms with Crippen molar-refractivity contribution in [3.05, 3.63) is 24.3 Å². The van der Waals surface area contributed by atoms with Gasteiger partial charge in [-0.1, -0.05) is 6.07 Å². The average Bonchev–Trinajstić information content (AvgIpc) is 2.25. The van der Waals surface area contributed by atoms with E-state index in [0.29, 0.717) is 0 Å². The molecule has 0 radical (unpaired) electrons. The van der Waals surface area contributed by atoms with E-state index in [0.717, 1.165) is 25.1 Å². The summed E-state index contributed by atoms with van der Waals surface area (Å²) in [5.74, 6) is 0. The molecule has 0 aliphatic heterocycles. The maximum atomic E-state index is 8.65. The quantitative estimate of drug-likeness (QED) is 0.701. The van der Waals surface area contributed by atoms with Gasteiger partial charge in [0.15, 0.2) is 0 Å². The van der Waals surface area contributed by atoms with Gasteiger partial charge in [0, 0.05) is 38.6 Å². The van der Waals surface area contributed by atoms with E-state index in [2.05, 4.69) is 28.4 Å². The van der Waals surface area contributed by atoms with Gasteiger partial charge in [0.05, 0.1) is 0 Å². The molecule has 0 bridgehead atoms. The van der Waals surface area contributed by atoms with Gasteiger partial charge in [-0.2, -0.15) is 0 Å². The Morgan fingerprint density at radius 3 is 2.73 bits per heavy atom. The minimum absolute atomic E-state index is 0.277.